The molecule has 1 aromatic rings. The Morgan fingerprint density at radius 1 is 1.77 bits per heavy atom. The predicted molar refractivity (Wildman–Crippen MR) is 45.3 cm³/mol. The van der Waals surface area contributed by atoms with E-state index in [0.29, 0.717) is 13.1 Å². The van der Waals surface area contributed by atoms with E-state index in [1.54, 1.807) is 6.20 Å². The molecule has 2 rings (SSSR count). The second-order valence-corrected chi connectivity index (χ2v) is 3.26. The monoisotopic (exact) mass is 181 g/mol. The van der Waals surface area contributed by atoms with Crippen molar-refractivity contribution in [1.82, 2.24) is 14.7 Å². The number of carbonyl (C=O) groups is 1. The average Bonchev–Trinajstić information content (AvgIpc) is 2.48. The SMILES string of the molecule is CC1Cn2nccc2CN1C(=O)O. The van der Waals surface area contributed by atoms with Crippen molar-refractivity contribution in [2.45, 2.75) is 26.1 Å². The molecular weight excluding hydrogens is 170 g/mol. The molecule has 2 heterocycles. The summed E-state index contributed by atoms with van der Waals surface area (Å²) in [6, 6.07) is 1.85. The molecule has 1 atom stereocenters. The Bertz CT molecular complexity index is 334. The molecule has 0 saturated carbocycles. The number of hydrogen-bond donors (Lipinski definition) is 1. The van der Waals surface area contributed by atoms with E-state index in [9.17, 15) is 4.79 Å². The molecule has 1 unspecified atom stereocenters. The van der Waals surface area contributed by atoms with Crippen molar-refractivity contribution in [1.29, 1.82) is 0 Å². The summed E-state index contributed by atoms with van der Waals surface area (Å²) in [5.74, 6) is 0. The fourth-order valence-electron chi connectivity index (χ4n) is 1.59. The van der Waals surface area contributed by atoms with E-state index < -0.39 is 6.09 Å². The minimum Gasteiger partial charge on any atom is -0.465 e. The van der Waals surface area contributed by atoms with Crippen molar-refractivity contribution in [3.8, 4) is 0 Å². The molecule has 1 amide bonds. The van der Waals surface area contributed by atoms with Crippen LogP contribution in [0, 0.1) is 0 Å². The summed E-state index contributed by atoms with van der Waals surface area (Å²) in [5.41, 5.74) is 0.959. The van der Waals surface area contributed by atoms with Gasteiger partial charge in [-0.3, -0.25) is 9.58 Å². The van der Waals surface area contributed by atoms with E-state index in [1.165, 1.54) is 4.90 Å². The molecule has 5 heteroatoms. The predicted octanol–water partition coefficient (Wildman–Crippen LogP) is 0.765. The second-order valence-electron chi connectivity index (χ2n) is 3.26. The van der Waals surface area contributed by atoms with Gasteiger partial charge < -0.3 is 5.11 Å². The summed E-state index contributed by atoms with van der Waals surface area (Å²) < 4.78 is 1.85. The van der Waals surface area contributed by atoms with Gasteiger partial charge in [0.25, 0.3) is 0 Å². The number of nitrogens with zero attached hydrogens (tertiary/aromatic N) is 3. The largest absolute Gasteiger partial charge is 0.465 e. The summed E-state index contributed by atoms with van der Waals surface area (Å²) in [6.07, 6.45) is 0.841. The number of carboxylic acid groups (broad SMARTS) is 1. The molecule has 0 aliphatic carbocycles. The zero-order valence-corrected chi connectivity index (χ0v) is 7.34. The highest BCUT2D eigenvalue weighted by atomic mass is 16.4. The molecule has 0 spiro atoms. The van der Waals surface area contributed by atoms with Crippen molar-refractivity contribution in [2.75, 3.05) is 0 Å². The standard InChI is InChI=1S/C8H11N3O2/c1-6-4-11-7(2-3-9-11)5-10(6)8(12)13/h2-3,6H,4-5H2,1H3,(H,12,13). The lowest BCUT2D eigenvalue weighted by Crippen LogP contribution is -2.44. The maximum absolute atomic E-state index is 10.8. The van der Waals surface area contributed by atoms with Crippen molar-refractivity contribution in [3.05, 3.63) is 18.0 Å². The van der Waals surface area contributed by atoms with E-state index >= 15 is 0 Å². The first-order valence-electron chi connectivity index (χ1n) is 4.18. The van der Waals surface area contributed by atoms with Crippen molar-refractivity contribution in [3.63, 3.8) is 0 Å². The van der Waals surface area contributed by atoms with Crippen LogP contribution in [0.25, 0.3) is 0 Å². The lowest BCUT2D eigenvalue weighted by molar-refractivity contribution is 0.105. The van der Waals surface area contributed by atoms with Gasteiger partial charge in [0.05, 0.1) is 24.8 Å². The molecule has 0 bridgehead atoms. The van der Waals surface area contributed by atoms with Gasteiger partial charge in [0, 0.05) is 6.20 Å². The van der Waals surface area contributed by atoms with Crippen LogP contribution in [0.15, 0.2) is 12.3 Å². The Morgan fingerprint density at radius 2 is 2.54 bits per heavy atom. The summed E-state index contributed by atoms with van der Waals surface area (Å²) >= 11 is 0. The minimum absolute atomic E-state index is 0.00454. The Hall–Kier alpha value is -1.52. The van der Waals surface area contributed by atoms with Gasteiger partial charge in [0.2, 0.25) is 0 Å². The van der Waals surface area contributed by atoms with Crippen LogP contribution in [0.1, 0.15) is 12.6 Å². The Kier molecular flexibility index (Phi) is 1.72. The first-order chi connectivity index (χ1) is 6.18. The van der Waals surface area contributed by atoms with Crippen molar-refractivity contribution >= 4 is 6.09 Å². The van der Waals surface area contributed by atoms with E-state index in [2.05, 4.69) is 5.10 Å². The number of hydrogen-bond acceptors (Lipinski definition) is 2. The molecule has 0 radical (unpaired) electrons. The molecule has 70 valence electrons. The third-order valence-electron chi connectivity index (χ3n) is 2.35. The summed E-state index contributed by atoms with van der Waals surface area (Å²) in [6.45, 7) is 2.98. The van der Waals surface area contributed by atoms with Crippen LogP contribution in [-0.2, 0) is 13.1 Å². The molecule has 1 aliphatic rings. The molecule has 0 aromatic carbocycles. The van der Waals surface area contributed by atoms with Crippen LogP contribution in [0.5, 0.6) is 0 Å². The number of fused-ring (bicyclic) bond motifs is 1. The van der Waals surface area contributed by atoms with E-state index in [4.69, 9.17) is 5.11 Å². The number of rotatable bonds is 0. The lowest BCUT2D eigenvalue weighted by atomic mass is 10.2. The minimum atomic E-state index is -0.861. The van der Waals surface area contributed by atoms with Crippen LogP contribution >= 0.6 is 0 Å². The van der Waals surface area contributed by atoms with Gasteiger partial charge in [-0.05, 0) is 13.0 Å². The van der Waals surface area contributed by atoms with Crippen LogP contribution < -0.4 is 0 Å². The van der Waals surface area contributed by atoms with Crippen molar-refractivity contribution < 1.29 is 9.90 Å². The van der Waals surface area contributed by atoms with Crippen LogP contribution in [0.2, 0.25) is 0 Å². The molecule has 5 nitrogen and oxygen atoms in total. The first-order valence-corrected chi connectivity index (χ1v) is 4.18. The van der Waals surface area contributed by atoms with Gasteiger partial charge >= 0.3 is 6.09 Å². The molecule has 0 saturated heterocycles. The highest BCUT2D eigenvalue weighted by Gasteiger charge is 2.26. The van der Waals surface area contributed by atoms with Gasteiger partial charge in [0.15, 0.2) is 0 Å². The molecular formula is C8H11N3O2. The third kappa shape index (κ3) is 1.26. The molecule has 1 aliphatic heterocycles. The first kappa shape index (κ1) is 8.10. The second kappa shape index (κ2) is 2.76. The maximum Gasteiger partial charge on any atom is 0.407 e. The van der Waals surface area contributed by atoms with Gasteiger partial charge in [0.1, 0.15) is 0 Å². The molecule has 0 fully saturated rings. The van der Waals surface area contributed by atoms with Gasteiger partial charge in [-0.2, -0.15) is 5.10 Å². The highest BCUT2D eigenvalue weighted by Crippen LogP contribution is 2.15. The lowest BCUT2D eigenvalue weighted by Gasteiger charge is -2.31. The number of amides is 1. The van der Waals surface area contributed by atoms with Gasteiger partial charge in [-0.1, -0.05) is 0 Å². The van der Waals surface area contributed by atoms with Crippen LogP contribution in [-0.4, -0.2) is 31.9 Å². The highest BCUT2D eigenvalue weighted by molar-refractivity contribution is 5.65. The maximum atomic E-state index is 10.8. The van der Waals surface area contributed by atoms with Crippen molar-refractivity contribution in [2.24, 2.45) is 0 Å². The van der Waals surface area contributed by atoms with E-state index in [0.717, 1.165) is 5.69 Å². The summed E-state index contributed by atoms with van der Waals surface area (Å²) in [7, 11) is 0. The summed E-state index contributed by atoms with van der Waals surface area (Å²) in [5, 5.41) is 13.0. The fraction of sp³-hybridized carbons (Fsp3) is 0.500. The smallest absolute Gasteiger partial charge is 0.407 e. The van der Waals surface area contributed by atoms with Crippen LogP contribution in [0.3, 0.4) is 0 Å². The van der Waals surface area contributed by atoms with Gasteiger partial charge in [-0.25, -0.2) is 4.79 Å². The summed E-state index contributed by atoms with van der Waals surface area (Å²) in [4.78, 5) is 12.2. The normalized spacial score (nSPS) is 21.3. The average molecular weight is 181 g/mol. The Morgan fingerprint density at radius 3 is 3.23 bits per heavy atom. The van der Waals surface area contributed by atoms with Crippen LogP contribution in [0.4, 0.5) is 4.79 Å². The van der Waals surface area contributed by atoms with E-state index in [-0.39, 0.29) is 6.04 Å². The quantitative estimate of drug-likeness (QED) is 0.643. The zero-order chi connectivity index (χ0) is 9.42. The Balaban J connectivity index is 2.27. The number of aromatic nitrogens is 2. The topological polar surface area (TPSA) is 58.4 Å². The zero-order valence-electron chi connectivity index (χ0n) is 7.34. The molecule has 1 aromatic heterocycles. The molecule has 13 heavy (non-hydrogen) atoms. The fourth-order valence-corrected chi connectivity index (χ4v) is 1.59. The molecule has 1 N–H and O–H groups in total. The van der Waals surface area contributed by atoms with E-state index in [1.807, 2.05) is 17.7 Å². The third-order valence-corrected chi connectivity index (χ3v) is 2.35. The van der Waals surface area contributed by atoms with Gasteiger partial charge in [-0.15, -0.1) is 0 Å². The Labute approximate surface area is 75.6 Å².